The number of allylic oxidation sites excluding steroid dienone is 1. The molecule has 8 nitrogen and oxygen atoms in total. The summed E-state index contributed by atoms with van der Waals surface area (Å²) in [6.45, 7) is 6.32. The molecule has 162 valence electrons. The number of nitro groups is 1. The zero-order valence-electron chi connectivity index (χ0n) is 17.6. The van der Waals surface area contributed by atoms with Crippen LogP contribution in [0.1, 0.15) is 5.56 Å². The zero-order valence-corrected chi connectivity index (χ0v) is 17.6. The molecule has 3 aromatic rings. The van der Waals surface area contributed by atoms with Crippen LogP contribution in [-0.2, 0) is 0 Å². The van der Waals surface area contributed by atoms with Gasteiger partial charge >= 0.3 is 5.69 Å². The lowest BCUT2D eigenvalue weighted by atomic mass is 10.2. The molecule has 3 rings (SSSR count). The topological polar surface area (TPSA) is 94.0 Å². The molecule has 31 heavy (non-hydrogen) atoms. The molecule has 9 heteroatoms. The lowest BCUT2D eigenvalue weighted by molar-refractivity contribution is -0.387. The normalized spacial score (nSPS) is 11.3. The zero-order chi connectivity index (χ0) is 22.8. The monoisotopic (exact) mass is 425 g/mol. The fourth-order valence-electron chi connectivity index (χ4n) is 2.77. The summed E-state index contributed by atoms with van der Waals surface area (Å²) >= 11 is 0. The predicted octanol–water partition coefficient (Wildman–Crippen LogP) is 4.44. The Balaban J connectivity index is 0.000000245. The van der Waals surface area contributed by atoms with E-state index in [2.05, 4.69) is 52.0 Å². The van der Waals surface area contributed by atoms with Gasteiger partial charge in [0.1, 0.15) is 11.6 Å². The summed E-state index contributed by atoms with van der Waals surface area (Å²) in [6, 6.07) is 11.6. The summed E-state index contributed by atoms with van der Waals surface area (Å²) in [6.07, 6.45) is 5.66. The highest BCUT2D eigenvalue weighted by molar-refractivity contribution is 5.89. The lowest BCUT2D eigenvalue weighted by Gasteiger charge is -2.04. The molecular weight excluding hydrogens is 401 g/mol. The van der Waals surface area contributed by atoms with Crippen molar-refractivity contribution in [3.8, 4) is 5.75 Å². The number of nitrogens with zero attached hydrogens (tertiary/aromatic N) is 4. The van der Waals surface area contributed by atoms with Gasteiger partial charge in [-0.3, -0.25) is 15.1 Å². The van der Waals surface area contributed by atoms with Crippen molar-refractivity contribution in [3.05, 3.63) is 76.2 Å². The highest BCUT2D eigenvalue weighted by atomic mass is 19.1. The standard InChI is InChI=1S/C15H18N4.C7H6FNO3/c1-12-10-19(14-7-5-4-6-13(12)14)15(17-3)8-9-18-11-16-2;1-12-5-2-3-7(9(10)11)6(8)4-5/h4-10,16H,3,11H2,1-2H3;2-4H,1H3/b15-8+,18-9-;. The number of halogens is 1. The van der Waals surface area contributed by atoms with Crippen molar-refractivity contribution in [2.75, 3.05) is 20.8 Å². The van der Waals surface area contributed by atoms with E-state index in [1.807, 2.05) is 29.8 Å². The molecule has 1 N–H and O–H groups in total. The molecule has 0 aliphatic carbocycles. The number of hydrogen-bond acceptors (Lipinski definition) is 6. The van der Waals surface area contributed by atoms with Crippen LogP contribution in [0.2, 0.25) is 0 Å². The minimum absolute atomic E-state index is 0.262. The van der Waals surface area contributed by atoms with Gasteiger partial charge in [-0.25, -0.2) is 4.99 Å². The summed E-state index contributed by atoms with van der Waals surface area (Å²) in [5, 5.41) is 14.3. The minimum atomic E-state index is -0.889. The van der Waals surface area contributed by atoms with Crippen LogP contribution in [-0.4, -0.2) is 43.2 Å². The van der Waals surface area contributed by atoms with Gasteiger partial charge in [0.05, 0.1) is 24.2 Å². The van der Waals surface area contributed by atoms with E-state index in [1.165, 1.54) is 24.1 Å². The highest BCUT2D eigenvalue weighted by Crippen LogP contribution is 2.24. The molecule has 0 fully saturated rings. The number of rotatable bonds is 7. The molecule has 0 spiro atoms. The van der Waals surface area contributed by atoms with E-state index < -0.39 is 16.4 Å². The summed E-state index contributed by atoms with van der Waals surface area (Å²) in [7, 11) is 3.22. The van der Waals surface area contributed by atoms with Gasteiger partial charge in [-0.1, -0.05) is 18.2 Å². The van der Waals surface area contributed by atoms with Crippen molar-refractivity contribution in [2.24, 2.45) is 9.98 Å². The van der Waals surface area contributed by atoms with Crippen LogP contribution < -0.4 is 10.1 Å². The van der Waals surface area contributed by atoms with Crippen molar-refractivity contribution < 1.29 is 14.1 Å². The van der Waals surface area contributed by atoms with Crippen LogP contribution >= 0.6 is 0 Å². The maximum Gasteiger partial charge on any atom is 0.305 e. The number of methoxy groups -OCH3 is 1. The quantitative estimate of drug-likeness (QED) is 0.344. The van der Waals surface area contributed by atoms with E-state index in [0.717, 1.165) is 23.5 Å². The molecule has 0 amide bonds. The molecule has 0 radical (unpaired) electrons. The molecule has 1 aromatic heterocycles. The van der Waals surface area contributed by atoms with Crippen molar-refractivity contribution in [3.63, 3.8) is 0 Å². The largest absolute Gasteiger partial charge is 0.497 e. The number of benzene rings is 2. The van der Waals surface area contributed by atoms with Gasteiger partial charge in [-0.2, -0.15) is 4.39 Å². The number of fused-ring (bicyclic) bond motifs is 1. The molecule has 0 bridgehead atoms. The lowest BCUT2D eigenvalue weighted by Crippen LogP contribution is -2.04. The molecule has 0 aliphatic heterocycles. The first kappa shape index (κ1) is 23.4. The molecule has 0 aliphatic rings. The molecule has 2 aromatic carbocycles. The van der Waals surface area contributed by atoms with E-state index in [9.17, 15) is 14.5 Å². The number of hydrogen-bond donors (Lipinski definition) is 1. The second-order valence-corrected chi connectivity index (χ2v) is 6.30. The van der Waals surface area contributed by atoms with Gasteiger partial charge in [-0.05, 0) is 44.5 Å². The third-order valence-corrected chi connectivity index (χ3v) is 4.25. The third-order valence-electron chi connectivity index (χ3n) is 4.25. The van der Waals surface area contributed by atoms with E-state index in [4.69, 9.17) is 0 Å². The highest BCUT2D eigenvalue weighted by Gasteiger charge is 2.13. The maximum absolute atomic E-state index is 12.8. The van der Waals surface area contributed by atoms with Crippen LogP contribution in [0.25, 0.3) is 16.7 Å². The van der Waals surface area contributed by atoms with Crippen molar-refractivity contribution in [2.45, 2.75) is 6.92 Å². The average Bonchev–Trinajstić information content (AvgIpc) is 3.10. The van der Waals surface area contributed by atoms with Gasteiger partial charge < -0.3 is 14.6 Å². The molecule has 0 atom stereocenters. The number of aliphatic imine (C=N–C) groups is 2. The van der Waals surface area contributed by atoms with Crippen LogP contribution in [0.3, 0.4) is 0 Å². The number of aryl methyl sites for hydroxylation is 1. The Kier molecular flexibility index (Phi) is 8.59. The Morgan fingerprint density at radius 1 is 1.35 bits per heavy atom. The van der Waals surface area contributed by atoms with Crippen LogP contribution in [0.15, 0.2) is 64.7 Å². The number of para-hydroxylation sites is 1. The predicted molar refractivity (Wildman–Crippen MR) is 123 cm³/mol. The number of ether oxygens (including phenoxy) is 1. The first-order valence-corrected chi connectivity index (χ1v) is 9.29. The first-order valence-electron chi connectivity index (χ1n) is 9.29. The second-order valence-electron chi connectivity index (χ2n) is 6.30. The Hall–Kier alpha value is -3.85. The first-order chi connectivity index (χ1) is 14.9. The van der Waals surface area contributed by atoms with Crippen LogP contribution in [0.5, 0.6) is 5.75 Å². The van der Waals surface area contributed by atoms with Crippen LogP contribution in [0, 0.1) is 22.9 Å². The Morgan fingerprint density at radius 3 is 2.71 bits per heavy atom. The minimum Gasteiger partial charge on any atom is -0.497 e. The van der Waals surface area contributed by atoms with E-state index in [-0.39, 0.29) is 5.75 Å². The van der Waals surface area contributed by atoms with Crippen molar-refractivity contribution >= 4 is 35.3 Å². The average molecular weight is 425 g/mol. The summed E-state index contributed by atoms with van der Waals surface area (Å²) in [5.74, 6) is 0.140. The number of nitro benzene ring substituents is 1. The second kappa shape index (κ2) is 11.4. The van der Waals surface area contributed by atoms with Crippen molar-refractivity contribution in [1.29, 1.82) is 0 Å². The Bertz CT molecular complexity index is 1120. The number of aromatic nitrogens is 1. The van der Waals surface area contributed by atoms with Gasteiger partial charge in [-0.15, -0.1) is 0 Å². The fraction of sp³-hybridized carbons (Fsp3) is 0.182. The van der Waals surface area contributed by atoms with E-state index >= 15 is 0 Å². The third kappa shape index (κ3) is 6.06. The van der Waals surface area contributed by atoms with E-state index in [1.54, 1.807) is 6.21 Å². The summed E-state index contributed by atoms with van der Waals surface area (Å²) in [4.78, 5) is 17.6. The van der Waals surface area contributed by atoms with Gasteiger partial charge in [0, 0.05) is 29.9 Å². The molecular formula is C22H24FN5O3. The molecule has 0 saturated carbocycles. The van der Waals surface area contributed by atoms with Gasteiger partial charge in [0.2, 0.25) is 5.82 Å². The van der Waals surface area contributed by atoms with Gasteiger partial charge in [0.15, 0.2) is 0 Å². The summed E-state index contributed by atoms with van der Waals surface area (Å²) < 4.78 is 19.5. The molecule has 0 saturated heterocycles. The van der Waals surface area contributed by atoms with E-state index in [0.29, 0.717) is 6.67 Å². The smallest absolute Gasteiger partial charge is 0.305 e. The van der Waals surface area contributed by atoms with Crippen LogP contribution in [0.4, 0.5) is 10.1 Å². The SMILES string of the molecule is C=N/C(=C\C=N/CNC)n1cc(C)c2ccccc21.COc1ccc([N+](=O)[O-])c(F)c1. The molecule has 0 unspecified atom stereocenters. The summed E-state index contributed by atoms with van der Waals surface area (Å²) in [5.41, 5.74) is 1.80. The Labute approximate surface area is 179 Å². The Morgan fingerprint density at radius 2 is 2.10 bits per heavy atom. The fourth-order valence-corrected chi connectivity index (χ4v) is 2.77. The maximum atomic E-state index is 12.8. The van der Waals surface area contributed by atoms with Crippen molar-refractivity contribution in [1.82, 2.24) is 9.88 Å². The van der Waals surface area contributed by atoms with Gasteiger partial charge in [0.25, 0.3) is 0 Å². The number of nitrogens with one attached hydrogen (secondary N) is 1. The molecule has 1 heterocycles.